The van der Waals surface area contributed by atoms with E-state index in [1.165, 1.54) is 16.4 Å². The van der Waals surface area contributed by atoms with Crippen molar-refractivity contribution in [3.05, 3.63) is 58.6 Å². The molecule has 28 heavy (non-hydrogen) atoms. The predicted octanol–water partition coefficient (Wildman–Crippen LogP) is 3.25. The smallest absolute Gasteiger partial charge is 0.264 e. The number of nitrogens with one attached hydrogen (secondary N) is 1. The van der Waals surface area contributed by atoms with E-state index in [0.717, 1.165) is 12.0 Å². The standard InChI is InChI=1S/C20H23ClN2O4S/c1-2-27-13-3-11-22-20(24)16-4-9-19-15(14-16)10-12-23(19)28(25,26)18-7-5-17(21)6-8-18/h4-9,14H,2-3,10-13H2,1H3,(H,22,24). The van der Waals surface area contributed by atoms with Crippen LogP contribution in [-0.4, -0.2) is 40.6 Å². The summed E-state index contributed by atoms with van der Waals surface area (Å²) < 4.78 is 32.5. The summed E-state index contributed by atoms with van der Waals surface area (Å²) in [5.74, 6) is -0.168. The van der Waals surface area contributed by atoms with E-state index < -0.39 is 10.0 Å². The molecule has 3 rings (SSSR count). The molecule has 0 bridgehead atoms. The Morgan fingerprint density at radius 3 is 2.68 bits per heavy atom. The lowest BCUT2D eigenvalue weighted by Gasteiger charge is -2.19. The Labute approximate surface area is 170 Å². The molecule has 1 aliphatic heterocycles. The number of anilines is 1. The van der Waals surface area contributed by atoms with E-state index in [1.54, 1.807) is 30.3 Å². The van der Waals surface area contributed by atoms with Crippen molar-refractivity contribution >= 4 is 33.2 Å². The first-order valence-electron chi connectivity index (χ1n) is 9.20. The quantitative estimate of drug-likeness (QED) is 0.662. The second-order valence-electron chi connectivity index (χ2n) is 6.43. The van der Waals surface area contributed by atoms with Gasteiger partial charge < -0.3 is 10.1 Å². The average molecular weight is 423 g/mol. The maximum Gasteiger partial charge on any atom is 0.264 e. The number of hydrogen-bond acceptors (Lipinski definition) is 4. The average Bonchev–Trinajstić information content (AvgIpc) is 3.12. The van der Waals surface area contributed by atoms with Crippen LogP contribution in [0.25, 0.3) is 0 Å². The number of nitrogens with zero attached hydrogens (tertiary/aromatic N) is 1. The van der Waals surface area contributed by atoms with Gasteiger partial charge in [0.2, 0.25) is 0 Å². The number of benzene rings is 2. The lowest BCUT2D eigenvalue weighted by molar-refractivity contribution is 0.0944. The summed E-state index contributed by atoms with van der Waals surface area (Å²) in [6.07, 6.45) is 1.31. The van der Waals surface area contributed by atoms with Gasteiger partial charge in [0.15, 0.2) is 0 Å². The number of ether oxygens (including phenoxy) is 1. The molecule has 0 spiro atoms. The summed E-state index contributed by atoms with van der Waals surface area (Å²) in [5, 5.41) is 3.34. The summed E-state index contributed by atoms with van der Waals surface area (Å²) in [5.41, 5.74) is 1.99. The van der Waals surface area contributed by atoms with Gasteiger partial charge in [-0.2, -0.15) is 0 Å². The van der Waals surface area contributed by atoms with E-state index in [4.69, 9.17) is 16.3 Å². The molecule has 0 aliphatic carbocycles. The molecule has 6 nitrogen and oxygen atoms in total. The highest BCUT2D eigenvalue weighted by Crippen LogP contribution is 2.33. The first kappa shape index (κ1) is 20.6. The van der Waals surface area contributed by atoms with Crippen LogP contribution in [0.4, 0.5) is 5.69 Å². The van der Waals surface area contributed by atoms with Crippen molar-refractivity contribution in [1.29, 1.82) is 0 Å². The molecule has 2 aromatic rings. The number of fused-ring (bicyclic) bond motifs is 1. The SMILES string of the molecule is CCOCCCNC(=O)c1ccc2c(c1)CCN2S(=O)(=O)c1ccc(Cl)cc1. The van der Waals surface area contributed by atoms with E-state index >= 15 is 0 Å². The number of carbonyl (C=O) groups excluding carboxylic acids is 1. The van der Waals surface area contributed by atoms with Gasteiger partial charge in [-0.1, -0.05) is 11.6 Å². The van der Waals surface area contributed by atoms with Crippen molar-refractivity contribution in [1.82, 2.24) is 5.32 Å². The zero-order valence-corrected chi connectivity index (χ0v) is 17.2. The van der Waals surface area contributed by atoms with Crippen molar-refractivity contribution in [2.75, 3.05) is 30.6 Å². The Hall–Kier alpha value is -2.09. The zero-order valence-electron chi connectivity index (χ0n) is 15.7. The van der Waals surface area contributed by atoms with Gasteiger partial charge >= 0.3 is 0 Å². The largest absolute Gasteiger partial charge is 0.382 e. The summed E-state index contributed by atoms with van der Waals surface area (Å²) in [6, 6.07) is 11.2. The molecule has 1 heterocycles. The molecule has 8 heteroatoms. The first-order valence-corrected chi connectivity index (χ1v) is 11.0. The fraction of sp³-hybridized carbons (Fsp3) is 0.350. The molecule has 0 unspecified atom stereocenters. The van der Waals surface area contributed by atoms with Crippen LogP contribution in [0.2, 0.25) is 5.02 Å². The summed E-state index contributed by atoms with van der Waals surface area (Å²) in [7, 11) is -3.66. The highest BCUT2D eigenvalue weighted by atomic mass is 35.5. The third-order valence-electron chi connectivity index (χ3n) is 4.55. The Kier molecular flexibility index (Phi) is 6.59. The van der Waals surface area contributed by atoms with Crippen LogP contribution in [0.5, 0.6) is 0 Å². The van der Waals surface area contributed by atoms with Crippen LogP contribution in [0.15, 0.2) is 47.4 Å². The Balaban J connectivity index is 1.72. The van der Waals surface area contributed by atoms with Crippen LogP contribution in [0, 0.1) is 0 Å². The second-order valence-corrected chi connectivity index (χ2v) is 8.73. The maximum absolute atomic E-state index is 12.9. The van der Waals surface area contributed by atoms with Crippen LogP contribution >= 0.6 is 11.6 Å². The highest BCUT2D eigenvalue weighted by molar-refractivity contribution is 7.92. The zero-order chi connectivity index (χ0) is 20.1. The molecule has 0 saturated heterocycles. The van der Waals surface area contributed by atoms with Gasteiger partial charge in [0.25, 0.3) is 15.9 Å². The fourth-order valence-electron chi connectivity index (χ4n) is 3.12. The van der Waals surface area contributed by atoms with Gasteiger partial charge in [0, 0.05) is 36.9 Å². The molecule has 1 aliphatic rings. The Morgan fingerprint density at radius 1 is 1.21 bits per heavy atom. The van der Waals surface area contributed by atoms with E-state index in [2.05, 4.69) is 5.32 Å². The van der Waals surface area contributed by atoms with Gasteiger partial charge in [-0.05, 0) is 67.8 Å². The van der Waals surface area contributed by atoms with Gasteiger partial charge in [0.1, 0.15) is 0 Å². The fourth-order valence-corrected chi connectivity index (χ4v) is 4.75. The summed E-state index contributed by atoms with van der Waals surface area (Å²) >= 11 is 5.86. The second kappa shape index (κ2) is 8.94. The predicted molar refractivity (Wildman–Crippen MR) is 110 cm³/mol. The van der Waals surface area contributed by atoms with E-state index in [0.29, 0.717) is 49.0 Å². The van der Waals surface area contributed by atoms with Crippen molar-refractivity contribution in [3.63, 3.8) is 0 Å². The lowest BCUT2D eigenvalue weighted by atomic mass is 10.1. The van der Waals surface area contributed by atoms with E-state index in [9.17, 15) is 13.2 Å². The topological polar surface area (TPSA) is 75.7 Å². The minimum atomic E-state index is -3.66. The van der Waals surface area contributed by atoms with E-state index in [1.807, 2.05) is 6.92 Å². The number of hydrogen-bond donors (Lipinski definition) is 1. The molecule has 0 saturated carbocycles. The molecular formula is C20H23ClN2O4S. The minimum Gasteiger partial charge on any atom is -0.382 e. The van der Waals surface area contributed by atoms with Crippen LogP contribution < -0.4 is 9.62 Å². The molecule has 0 radical (unpaired) electrons. The van der Waals surface area contributed by atoms with Gasteiger partial charge in [-0.25, -0.2) is 8.42 Å². The van der Waals surface area contributed by atoms with Crippen molar-refractivity contribution in [2.45, 2.75) is 24.7 Å². The third-order valence-corrected chi connectivity index (χ3v) is 6.63. The molecule has 2 aromatic carbocycles. The molecular weight excluding hydrogens is 400 g/mol. The molecule has 0 aromatic heterocycles. The van der Waals surface area contributed by atoms with Crippen LogP contribution in [0.1, 0.15) is 29.3 Å². The number of carbonyl (C=O) groups is 1. The third kappa shape index (κ3) is 4.48. The maximum atomic E-state index is 12.9. The Morgan fingerprint density at radius 2 is 1.96 bits per heavy atom. The first-order chi connectivity index (χ1) is 13.4. The molecule has 0 atom stereocenters. The monoisotopic (exact) mass is 422 g/mol. The number of sulfonamides is 1. The normalized spacial score (nSPS) is 13.4. The van der Waals surface area contributed by atoms with Crippen molar-refractivity contribution in [2.24, 2.45) is 0 Å². The van der Waals surface area contributed by atoms with Gasteiger partial charge in [-0.15, -0.1) is 0 Å². The lowest BCUT2D eigenvalue weighted by Crippen LogP contribution is -2.29. The molecule has 1 amide bonds. The van der Waals surface area contributed by atoms with Gasteiger partial charge in [0.05, 0.1) is 10.6 Å². The van der Waals surface area contributed by atoms with Crippen molar-refractivity contribution < 1.29 is 17.9 Å². The molecule has 1 N–H and O–H groups in total. The molecule has 150 valence electrons. The highest BCUT2D eigenvalue weighted by Gasteiger charge is 2.31. The summed E-state index contributed by atoms with van der Waals surface area (Å²) in [4.78, 5) is 12.5. The van der Waals surface area contributed by atoms with Gasteiger partial charge in [-0.3, -0.25) is 9.10 Å². The van der Waals surface area contributed by atoms with E-state index in [-0.39, 0.29) is 10.8 Å². The van der Waals surface area contributed by atoms with Crippen molar-refractivity contribution in [3.8, 4) is 0 Å². The minimum absolute atomic E-state index is 0.168. The number of halogens is 1. The molecule has 0 fully saturated rings. The Bertz CT molecular complexity index is 945. The number of rotatable bonds is 8. The number of amides is 1. The summed E-state index contributed by atoms with van der Waals surface area (Å²) in [6.45, 7) is 4.08. The van der Waals surface area contributed by atoms with Crippen LogP contribution in [-0.2, 0) is 21.2 Å². The van der Waals surface area contributed by atoms with Crippen LogP contribution in [0.3, 0.4) is 0 Å².